The second-order valence-electron chi connectivity index (χ2n) is 5.75. The SMILES string of the molecule is COc1cc(-c2ccccc2)cc2ncc(C#Cc3cccc(Cl)c3)n12. The van der Waals surface area contributed by atoms with Crippen LogP contribution in [-0.4, -0.2) is 16.5 Å². The summed E-state index contributed by atoms with van der Waals surface area (Å²) in [5.74, 6) is 6.97. The van der Waals surface area contributed by atoms with E-state index in [4.69, 9.17) is 16.3 Å². The van der Waals surface area contributed by atoms with Crippen LogP contribution in [0.4, 0.5) is 0 Å². The quantitative estimate of drug-likeness (QED) is 0.468. The molecule has 0 unspecified atom stereocenters. The van der Waals surface area contributed by atoms with Gasteiger partial charge in [0, 0.05) is 16.7 Å². The topological polar surface area (TPSA) is 26.5 Å². The van der Waals surface area contributed by atoms with Crippen LogP contribution >= 0.6 is 11.6 Å². The fraction of sp³-hybridized carbons (Fsp3) is 0.0455. The number of methoxy groups -OCH3 is 1. The number of rotatable bonds is 2. The normalized spacial score (nSPS) is 10.4. The van der Waals surface area contributed by atoms with Crippen molar-refractivity contribution in [2.75, 3.05) is 7.11 Å². The van der Waals surface area contributed by atoms with Crippen LogP contribution in [0.3, 0.4) is 0 Å². The van der Waals surface area contributed by atoms with E-state index in [1.54, 1.807) is 13.3 Å². The second kappa shape index (κ2) is 6.95. The van der Waals surface area contributed by atoms with Gasteiger partial charge in [0.2, 0.25) is 5.88 Å². The largest absolute Gasteiger partial charge is 0.482 e. The summed E-state index contributed by atoms with van der Waals surface area (Å²) in [4.78, 5) is 4.50. The Morgan fingerprint density at radius 1 is 0.923 bits per heavy atom. The average molecular weight is 359 g/mol. The summed E-state index contributed by atoms with van der Waals surface area (Å²) in [5, 5.41) is 0.667. The molecule has 0 radical (unpaired) electrons. The number of halogens is 1. The van der Waals surface area contributed by atoms with Gasteiger partial charge in [0.05, 0.1) is 13.3 Å². The summed E-state index contributed by atoms with van der Waals surface area (Å²) in [7, 11) is 1.65. The maximum atomic E-state index is 6.02. The number of benzene rings is 2. The minimum absolute atomic E-state index is 0.667. The molecule has 0 saturated carbocycles. The van der Waals surface area contributed by atoms with Crippen molar-refractivity contribution in [1.82, 2.24) is 9.38 Å². The van der Waals surface area contributed by atoms with Crippen molar-refractivity contribution in [1.29, 1.82) is 0 Å². The van der Waals surface area contributed by atoms with Gasteiger partial charge in [-0.05, 0) is 41.3 Å². The van der Waals surface area contributed by atoms with Gasteiger partial charge in [0.15, 0.2) is 0 Å². The first kappa shape index (κ1) is 16.3. The van der Waals surface area contributed by atoms with Crippen LogP contribution in [0, 0.1) is 11.8 Å². The molecule has 0 aliphatic carbocycles. The Kier molecular flexibility index (Phi) is 4.35. The molecule has 0 amide bonds. The van der Waals surface area contributed by atoms with Crippen molar-refractivity contribution in [3.8, 4) is 28.8 Å². The molecule has 4 aromatic rings. The Morgan fingerprint density at radius 3 is 2.54 bits per heavy atom. The van der Waals surface area contributed by atoms with Crippen LogP contribution in [0.15, 0.2) is 72.9 Å². The molecule has 2 aromatic carbocycles. The number of ether oxygens (including phenoxy) is 1. The molecule has 126 valence electrons. The monoisotopic (exact) mass is 358 g/mol. The van der Waals surface area contributed by atoms with Gasteiger partial charge in [-0.15, -0.1) is 0 Å². The molecule has 0 spiro atoms. The summed E-state index contributed by atoms with van der Waals surface area (Å²) in [6.45, 7) is 0. The molecule has 0 bridgehead atoms. The number of hydrogen-bond donors (Lipinski definition) is 0. The molecule has 26 heavy (non-hydrogen) atoms. The molecule has 3 nitrogen and oxygen atoms in total. The Balaban J connectivity index is 1.81. The highest BCUT2D eigenvalue weighted by Gasteiger charge is 2.10. The minimum Gasteiger partial charge on any atom is -0.482 e. The number of nitrogens with zero attached hydrogens (tertiary/aromatic N) is 2. The first-order valence-corrected chi connectivity index (χ1v) is 8.51. The van der Waals surface area contributed by atoms with Gasteiger partial charge < -0.3 is 4.74 Å². The van der Waals surface area contributed by atoms with Crippen LogP contribution < -0.4 is 4.74 Å². The van der Waals surface area contributed by atoms with E-state index in [0.29, 0.717) is 10.9 Å². The molecule has 4 heteroatoms. The number of fused-ring (bicyclic) bond motifs is 1. The van der Waals surface area contributed by atoms with Crippen molar-refractivity contribution in [3.63, 3.8) is 0 Å². The van der Waals surface area contributed by atoms with Crippen LogP contribution in [0.2, 0.25) is 5.02 Å². The first-order chi connectivity index (χ1) is 12.7. The summed E-state index contributed by atoms with van der Waals surface area (Å²) < 4.78 is 7.50. The zero-order valence-electron chi connectivity index (χ0n) is 14.1. The first-order valence-electron chi connectivity index (χ1n) is 8.13. The summed E-state index contributed by atoms with van der Waals surface area (Å²) in [5.41, 5.74) is 4.57. The van der Waals surface area contributed by atoms with E-state index in [1.165, 1.54) is 0 Å². The zero-order chi connectivity index (χ0) is 17.9. The third-order valence-electron chi connectivity index (χ3n) is 4.05. The average Bonchev–Trinajstić information content (AvgIpc) is 3.09. The van der Waals surface area contributed by atoms with Crippen molar-refractivity contribution < 1.29 is 4.74 Å². The van der Waals surface area contributed by atoms with Gasteiger partial charge in [0.1, 0.15) is 11.3 Å². The van der Waals surface area contributed by atoms with E-state index in [1.807, 2.05) is 59.0 Å². The Labute approximate surface area is 156 Å². The number of pyridine rings is 1. The number of hydrogen-bond acceptors (Lipinski definition) is 2. The highest BCUT2D eigenvalue weighted by molar-refractivity contribution is 6.30. The highest BCUT2D eigenvalue weighted by atomic mass is 35.5. The fourth-order valence-electron chi connectivity index (χ4n) is 2.82. The third kappa shape index (κ3) is 3.15. The standard InChI is InChI=1S/C22H15ClN2O/c1-26-22-14-18(17-7-3-2-4-8-17)13-21-24-15-20(25(21)22)11-10-16-6-5-9-19(23)12-16/h2-9,12-15H,1H3. The van der Waals surface area contributed by atoms with E-state index in [-0.39, 0.29) is 0 Å². The third-order valence-corrected chi connectivity index (χ3v) is 4.28. The van der Waals surface area contributed by atoms with Crippen LogP contribution in [-0.2, 0) is 0 Å². The van der Waals surface area contributed by atoms with E-state index in [9.17, 15) is 0 Å². The predicted molar refractivity (Wildman–Crippen MR) is 105 cm³/mol. The zero-order valence-corrected chi connectivity index (χ0v) is 14.9. The van der Waals surface area contributed by atoms with Gasteiger partial charge in [-0.1, -0.05) is 53.9 Å². The van der Waals surface area contributed by atoms with E-state index in [2.05, 4.69) is 29.0 Å². The lowest BCUT2D eigenvalue weighted by molar-refractivity contribution is 0.392. The fourth-order valence-corrected chi connectivity index (χ4v) is 3.01. The van der Waals surface area contributed by atoms with Gasteiger partial charge in [-0.3, -0.25) is 4.40 Å². The molecular weight excluding hydrogens is 344 g/mol. The van der Waals surface area contributed by atoms with E-state index < -0.39 is 0 Å². The maximum Gasteiger partial charge on any atom is 0.200 e. The molecule has 0 saturated heterocycles. The second-order valence-corrected chi connectivity index (χ2v) is 6.19. The number of imidazole rings is 1. The molecule has 0 atom stereocenters. The summed E-state index contributed by atoms with van der Waals surface area (Å²) in [6.07, 6.45) is 1.75. The lowest BCUT2D eigenvalue weighted by Gasteiger charge is -2.09. The molecule has 0 fully saturated rings. The van der Waals surface area contributed by atoms with Crippen molar-refractivity contribution in [2.45, 2.75) is 0 Å². The van der Waals surface area contributed by atoms with Crippen LogP contribution in [0.25, 0.3) is 16.8 Å². The smallest absolute Gasteiger partial charge is 0.200 e. The van der Waals surface area contributed by atoms with Gasteiger partial charge >= 0.3 is 0 Å². The van der Waals surface area contributed by atoms with Gasteiger partial charge in [-0.25, -0.2) is 4.98 Å². The van der Waals surface area contributed by atoms with E-state index >= 15 is 0 Å². The van der Waals surface area contributed by atoms with E-state index in [0.717, 1.165) is 28.0 Å². The molecular formula is C22H15ClN2O. The molecule has 0 aliphatic rings. The Bertz CT molecular complexity index is 1140. The van der Waals surface area contributed by atoms with Crippen molar-refractivity contribution in [3.05, 3.63) is 89.2 Å². The molecule has 4 rings (SSSR count). The molecule has 2 aromatic heterocycles. The van der Waals surface area contributed by atoms with Crippen molar-refractivity contribution in [2.24, 2.45) is 0 Å². The van der Waals surface area contributed by atoms with Crippen LogP contribution in [0.1, 0.15) is 11.3 Å². The van der Waals surface area contributed by atoms with Crippen molar-refractivity contribution >= 4 is 17.2 Å². The lowest BCUT2D eigenvalue weighted by atomic mass is 10.1. The predicted octanol–water partition coefficient (Wildman–Crippen LogP) is 5.06. The maximum absolute atomic E-state index is 6.02. The Hall–Kier alpha value is -3.22. The van der Waals surface area contributed by atoms with Gasteiger partial charge in [-0.2, -0.15) is 0 Å². The highest BCUT2D eigenvalue weighted by Crippen LogP contribution is 2.27. The Morgan fingerprint density at radius 2 is 1.77 bits per heavy atom. The lowest BCUT2D eigenvalue weighted by Crippen LogP contribution is -1.97. The summed E-state index contributed by atoms with van der Waals surface area (Å²) >= 11 is 6.02. The molecule has 0 N–H and O–H groups in total. The summed E-state index contributed by atoms with van der Waals surface area (Å²) in [6, 6.07) is 21.6. The molecule has 2 heterocycles. The minimum atomic E-state index is 0.667. The van der Waals surface area contributed by atoms with Gasteiger partial charge in [0.25, 0.3) is 0 Å². The molecule has 0 aliphatic heterocycles. The van der Waals surface area contributed by atoms with Crippen LogP contribution in [0.5, 0.6) is 5.88 Å². The number of aromatic nitrogens is 2.